The minimum Gasteiger partial charge on any atom is -0.493 e. The van der Waals surface area contributed by atoms with Crippen molar-refractivity contribution in [3.63, 3.8) is 0 Å². The van der Waals surface area contributed by atoms with E-state index in [1.54, 1.807) is 7.11 Å². The van der Waals surface area contributed by atoms with E-state index in [0.717, 1.165) is 24.7 Å². The first-order valence-corrected chi connectivity index (χ1v) is 6.24. The lowest BCUT2D eigenvalue weighted by Gasteiger charge is -2.29. The first kappa shape index (κ1) is 12.2. The number of benzene rings is 1. The van der Waals surface area contributed by atoms with Crippen molar-refractivity contribution >= 4 is 0 Å². The van der Waals surface area contributed by atoms with Crippen LogP contribution in [0.25, 0.3) is 0 Å². The van der Waals surface area contributed by atoms with Gasteiger partial charge in [-0.3, -0.25) is 0 Å². The lowest BCUT2D eigenvalue weighted by atomic mass is 10.00. The van der Waals surface area contributed by atoms with Gasteiger partial charge in [0.05, 0.1) is 13.7 Å². The molecule has 0 saturated carbocycles. The highest BCUT2D eigenvalue weighted by molar-refractivity contribution is 5.39. The summed E-state index contributed by atoms with van der Waals surface area (Å²) < 4.78 is 11.1. The highest BCUT2D eigenvalue weighted by Crippen LogP contribution is 2.27. The van der Waals surface area contributed by atoms with E-state index in [-0.39, 0.29) is 0 Å². The third kappa shape index (κ3) is 3.37. The molecule has 1 fully saturated rings. The molecule has 1 aromatic carbocycles. The fraction of sp³-hybridized carbons (Fsp3) is 0.571. The highest BCUT2D eigenvalue weighted by atomic mass is 16.5. The van der Waals surface area contributed by atoms with E-state index in [2.05, 4.69) is 11.9 Å². The fourth-order valence-electron chi connectivity index (χ4n) is 2.35. The summed E-state index contributed by atoms with van der Waals surface area (Å²) in [7, 11) is 3.85. The SMILES string of the molecule is COc1ccccc1OCC1CCCN(C)C1. The summed E-state index contributed by atoms with van der Waals surface area (Å²) in [6.07, 6.45) is 2.54. The zero-order chi connectivity index (χ0) is 12.1. The van der Waals surface area contributed by atoms with Crippen LogP contribution in [0.5, 0.6) is 11.5 Å². The number of para-hydroxylation sites is 2. The summed E-state index contributed by atoms with van der Waals surface area (Å²) in [5.41, 5.74) is 0. The largest absolute Gasteiger partial charge is 0.493 e. The van der Waals surface area contributed by atoms with Gasteiger partial charge in [0.1, 0.15) is 0 Å². The van der Waals surface area contributed by atoms with Crippen molar-refractivity contribution in [2.24, 2.45) is 5.92 Å². The van der Waals surface area contributed by atoms with Gasteiger partial charge in [-0.25, -0.2) is 0 Å². The van der Waals surface area contributed by atoms with Crippen LogP contribution >= 0.6 is 0 Å². The van der Waals surface area contributed by atoms with E-state index in [4.69, 9.17) is 9.47 Å². The van der Waals surface area contributed by atoms with Crippen LogP contribution in [0.15, 0.2) is 24.3 Å². The van der Waals surface area contributed by atoms with Gasteiger partial charge in [-0.1, -0.05) is 12.1 Å². The van der Waals surface area contributed by atoms with E-state index in [1.807, 2.05) is 24.3 Å². The number of hydrogen-bond acceptors (Lipinski definition) is 3. The van der Waals surface area contributed by atoms with Crippen LogP contribution < -0.4 is 9.47 Å². The zero-order valence-corrected chi connectivity index (χ0v) is 10.7. The van der Waals surface area contributed by atoms with Gasteiger partial charge in [-0.15, -0.1) is 0 Å². The quantitative estimate of drug-likeness (QED) is 0.800. The number of methoxy groups -OCH3 is 1. The molecule has 94 valence electrons. The van der Waals surface area contributed by atoms with Gasteiger partial charge in [0.25, 0.3) is 0 Å². The van der Waals surface area contributed by atoms with E-state index in [0.29, 0.717) is 5.92 Å². The van der Waals surface area contributed by atoms with Gasteiger partial charge in [0.2, 0.25) is 0 Å². The Bertz CT molecular complexity index is 354. The number of likely N-dealkylation sites (tertiary alicyclic amines) is 1. The molecule has 1 unspecified atom stereocenters. The fourth-order valence-corrected chi connectivity index (χ4v) is 2.35. The summed E-state index contributed by atoms with van der Waals surface area (Å²) in [6.45, 7) is 3.13. The molecule has 3 heteroatoms. The predicted octanol–water partition coefficient (Wildman–Crippen LogP) is 2.42. The average molecular weight is 235 g/mol. The van der Waals surface area contributed by atoms with Crippen molar-refractivity contribution in [1.82, 2.24) is 4.90 Å². The van der Waals surface area contributed by atoms with E-state index < -0.39 is 0 Å². The molecule has 1 aliphatic heterocycles. The summed E-state index contributed by atoms with van der Waals surface area (Å²) in [4.78, 5) is 2.37. The van der Waals surface area contributed by atoms with Crippen LogP contribution in [-0.4, -0.2) is 38.8 Å². The molecular formula is C14H21NO2. The van der Waals surface area contributed by atoms with Gasteiger partial charge in [0.15, 0.2) is 11.5 Å². The van der Waals surface area contributed by atoms with Gasteiger partial charge < -0.3 is 14.4 Å². The molecule has 1 aromatic rings. The van der Waals surface area contributed by atoms with Crippen molar-refractivity contribution in [1.29, 1.82) is 0 Å². The number of piperidine rings is 1. The molecule has 0 amide bonds. The lowest BCUT2D eigenvalue weighted by molar-refractivity contribution is 0.148. The predicted molar refractivity (Wildman–Crippen MR) is 68.7 cm³/mol. The Hall–Kier alpha value is -1.22. The molecule has 2 rings (SSSR count). The smallest absolute Gasteiger partial charge is 0.161 e. The molecule has 0 bridgehead atoms. The minimum atomic E-state index is 0.638. The molecule has 0 N–H and O–H groups in total. The second-order valence-electron chi connectivity index (χ2n) is 4.73. The van der Waals surface area contributed by atoms with Gasteiger partial charge in [-0.2, -0.15) is 0 Å². The summed E-state index contributed by atoms with van der Waals surface area (Å²) in [5, 5.41) is 0. The zero-order valence-electron chi connectivity index (χ0n) is 10.7. The summed E-state index contributed by atoms with van der Waals surface area (Å²) >= 11 is 0. The van der Waals surface area contributed by atoms with Crippen molar-refractivity contribution in [3.8, 4) is 11.5 Å². The van der Waals surface area contributed by atoms with Crippen LogP contribution in [0.2, 0.25) is 0 Å². The molecular weight excluding hydrogens is 214 g/mol. The number of ether oxygens (including phenoxy) is 2. The highest BCUT2D eigenvalue weighted by Gasteiger charge is 2.18. The Morgan fingerprint density at radius 1 is 1.29 bits per heavy atom. The van der Waals surface area contributed by atoms with Crippen molar-refractivity contribution in [2.75, 3.05) is 33.9 Å². The van der Waals surface area contributed by atoms with Crippen LogP contribution in [-0.2, 0) is 0 Å². The standard InChI is InChI=1S/C14H21NO2/c1-15-9-5-6-12(10-15)11-17-14-8-4-3-7-13(14)16-2/h3-4,7-8,12H,5-6,9-11H2,1-2H3. The Kier molecular flexibility index (Phi) is 4.26. The first-order chi connectivity index (χ1) is 8.29. The van der Waals surface area contributed by atoms with Crippen LogP contribution in [0.1, 0.15) is 12.8 Å². The van der Waals surface area contributed by atoms with E-state index in [9.17, 15) is 0 Å². The Morgan fingerprint density at radius 3 is 2.76 bits per heavy atom. The van der Waals surface area contributed by atoms with Gasteiger partial charge >= 0.3 is 0 Å². The maximum atomic E-state index is 5.86. The summed E-state index contributed by atoms with van der Waals surface area (Å²) in [6, 6.07) is 7.83. The molecule has 1 aliphatic rings. The molecule has 0 radical (unpaired) electrons. The lowest BCUT2D eigenvalue weighted by Crippen LogP contribution is -2.34. The maximum Gasteiger partial charge on any atom is 0.161 e. The van der Waals surface area contributed by atoms with Crippen molar-refractivity contribution in [2.45, 2.75) is 12.8 Å². The Morgan fingerprint density at radius 2 is 2.06 bits per heavy atom. The summed E-state index contributed by atoms with van der Waals surface area (Å²) in [5.74, 6) is 2.30. The molecule has 17 heavy (non-hydrogen) atoms. The normalized spacial score (nSPS) is 21.2. The minimum absolute atomic E-state index is 0.638. The molecule has 0 spiro atoms. The average Bonchev–Trinajstić information content (AvgIpc) is 2.37. The van der Waals surface area contributed by atoms with E-state index in [1.165, 1.54) is 19.4 Å². The van der Waals surface area contributed by atoms with Gasteiger partial charge in [-0.05, 0) is 38.6 Å². The van der Waals surface area contributed by atoms with Gasteiger partial charge in [0, 0.05) is 12.5 Å². The topological polar surface area (TPSA) is 21.7 Å². The molecule has 3 nitrogen and oxygen atoms in total. The molecule has 0 aliphatic carbocycles. The molecule has 0 aromatic heterocycles. The Balaban J connectivity index is 1.88. The maximum absolute atomic E-state index is 5.86. The third-order valence-electron chi connectivity index (χ3n) is 3.27. The van der Waals surface area contributed by atoms with Crippen LogP contribution in [0.4, 0.5) is 0 Å². The van der Waals surface area contributed by atoms with Crippen molar-refractivity contribution < 1.29 is 9.47 Å². The van der Waals surface area contributed by atoms with Crippen LogP contribution in [0, 0.1) is 5.92 Å². The molecule has 1 saturated heterocycles. The number of hydrogen-bond donors (Lipinski definition) is 0. The third-order valence-corrected chi connectivity index (χ3v) is 3.27. The van der Waals surface area contributed by atoms with Crippen LogP contribution in [0.3, 0.4) is 0 Å². The second-order valence-corrected chi connectivity index (χ2v) is 4.73. The van der Waals surface area contributed by atoms with E-state index >= 15 is 0 Å². The Labute approximate surface area is 103 Å². The number of nitrogens with zero attached hydrogens (tertiary/aromatic N) is 1. The molecule has 1 atom stereocenters. The number of rotatable bonds is 4. The molecule has 1 heterocycles. The second kappa shape index (κ2) is 5.92. The first-order valence-electron chi connectivity index (χ1n) is 6.24. The monoisotopic (exact) mass is 235 g/mol. The van der Waals surface area contributed by atoms with Crippen molar-refractivity contribution in [3.05, 3.63) is 24.3 Å².